The number of hydrogen-bond acceptors (Lipinski definition) is 2. The largest absolute Gasteiger partial charge is 0.392 e. The van der Waals surface area contributed by atoms with E-state index in [0.29, 0.717) is 0 Å². The van der Waals surface area contributed by atoms with Gasteiger partial charge >= 0.3 is 0 Å². The van der Waals surface area contributed by atoms with Gasteiger partial charge in [-0.2, -0.15) is 0 Å². The van der Waals surface area contributed by atoms with Gasteiger partial charge in [0.2, 0.25) is 5.91 Å². The number of carbonyl (C=O) groups is 1. The lowest BCUT2D eigenvalue weighted by Crippen LogP contribution is -2.48. The number of hydrogen-bond donors (Lipinski definition) is 2. The fraction of sp³-hybridized carbons (Fsp3) is 0.846. The Bertz CT molecular complexity index is 264. The SMILES string of the molecule is CCCCC(CCC)NC(=O)C(C)(C)C(N)=S. The quantitative estimate of drug-likeness (QED) is 0.658. The van der Waals surface area contributed by atoms with Crippen molar-refractivity contribution in [2.24, 2.45) is 11.1 Å². The van der Waals surface area contributed by atoms with Crippen molar-refractivity contribution in [1.29, 1.82) is 0 Å². The molecule has 0 aliphatic rings. The molecule has 0 spiro atoms. The first-order valence-electron chi connectivity index (χ1n) is 6.47. The topological polar surface area (TPSA) is 55.1 Å². The van der Waals surface area contributed by atoms with E-state index in [-0.39, 0.29) is 16.9 Å². The molecule has 1 unspecified atom stereocenters. The van der Waals surface area contributed by atoms with Crippen molar-refractivity contribution in [3.8, 4) is 0 Å². The second-order valence-corrected chi connectivity index (χ2v) is 5.53. The molecule has 17 heavy (non-hydrogen) atoms. The maximum absolute atomic E-state index is 12.1. The maximum atomic E-state index is 12.1. The number of amides is 1. The Kier molecular flexibility index (Phi) is 7.35. The van der Waals surface area contributed by atoms with Crippen LogP contribution in [0.4, 0.5) is 0 Å². The summed E-state index contributed by atoms with van der Waals surface area (Å²) < 4.78 is 0. The highest BCUT2D eigenvalue weighted by Gasteiger charge is 2.31. The summed E-state index contributed by atoms with van der Waals surface area (Å²) in [5.74, 6) is -0.0560. The summed E-state index contributed by atoms with van der Waals surface area (Å²) in [4.78, 5) is 12.3. The third-order valence-corrected chi connectivity index (χ3v) is 3.57. The van der Waals surface area contributed by atoms with Gasteiger partial charge in [0.15, 0.2) is 0 Å². The van der Waals surface area contributed by atoms with Gasteiger partial charge in [0.05, 0.1) is 10.4 Å². The standard InChI is InChI=1S/C13H26N2OS/c1-5-7-9-10(8-6-2)15-12(16)13(3,4)11(14)17/h10H,5-9H2,1-4H3,(H2,14,17)(H,15,16). The van der Waals surface area contributed by atoms with Crippen molar-refractivity contribution in [2.75, 3.05) is 0 Å². The second-order valence-electron chi connectivity index (χ2n) is 5.09. The Morgan fingerprint density at radius 2 is 1.88 bits per heavy atom. The average molecular weight is 258 g/mol. The summed E-state index contributed by atoms with van der Waals surface area (Å²) in [6.45, 7) is 7.83. The highest BCUT2D eigenvalue weighted by atomic mass is 32.1. The van der Waals surface area contributed by atoms with E-state index in [4.69, 9.17) is 18.0 Å². The van der Waals surface area contributed by atoms with Crippen LogP contribution in [0.5, 0.6) is 0 Å². The Morgan fingerprint density at radius 3 is 2.29 bits per heavy atom. The smallest absolute Gasteiger partial charge is 0.232 e. The second kappa shape index (κ2) is 7.64. The van der Waals surface area contributed by atoms with Crippen molar-refractivity contribution in [1.82, 2.24) is 5.32 Å². The van der Waals surface area contributed by atoms with Crippen LogP contribution in [-0.4, -0.2) is 16.9 Å². The van der Waals surface area contributed by atoms with Gasteiger partial charge in [-0.15, -0.1) is 0 Å². The fourth-order valence-corrected chi connectivity index (χ4v) is 1.66. The van der Waals surface area contributed by atoms with Crippen LogP contribution in [0, 0.1) is 5.41 Å². The van der Waals surface area contributed by atoms with Gasteiger partial charge in [-0.25, -0.2) is 0 Å². The van der Waals surface area contributed by atoms with Gasteiger partial charge in [0, 0.05) is 6.04 Å². The molecule has 0 radical (unpaired) electrons. The first kappa shape index (κ1) is 16.4. The van der Waals surface area contributed by atoms with E-state index >= 15 is 0 Å². The van der Waals surface area contributed by atoms with Crippen LogP contribution < -0.4 is 11.1 Å². The first-order valence-corrected chi connectivity index (χ1v) is 6.87. The van der Waals surface area contributed by atoms with Gasteiger partial charge < -0.3 is 11.1 Å². The maximum Gasteiger partial charge on any atom is 0.232 e. The van der Waals surface area contributed by atoms with Crippen LogP contribution >= 0.6 is 12.2 Å². The molecule has 0 aliphatic carbocycles. The number of nitrogens with two attached hydrogens (primary N) is 1. The molecule has 0 aromatic carbocycles. The molecule has 0 aliphatic heterocycles. The number of unbranched alkanes of at least 4 members (excludes halogenated alkanes) is 1. The van der Waals surface area contributed by atoms with Gasteiger partial charge in [0.25, 0.3) is 0 Å². The van der Waals surface area contributed by atoms with Gasteiger partial charge in [0.1, 0.15) is 0 Å². The predicted octanol–water partition coefficient (Wildman–Crippen LogP) is 2.77. The molecule has 1 atom stereocenters. The van der Waals surface area contributed by atoms with Crippen molar-refractivity contribution in [3.05, 3.63) is 0 Å². The zero-order valence-corrected chi connectivity index (χ0v) is 12.3. The zero-order chi connectivity index (χ0) is 13.5. The molecule has 1 amide bonds. The Morgan fingerprint density at radius 1 is 1.29 bits per heavy atom. The van der Waals surface area contributed by atoms with E-state index < -0.39 is 5.41 Å². The predicted molar refractivity (Wildman–Crippen MR) is 76.9 cm³/mol. The lowest BCUT2D eigenvalue weighted by Gasteiger charge is -2.26. The molecule has 0 rings (SSSR count). The van der Waals surface area contributed by atoms with E-state index in [9.17, 15) is 4.79 Å². The van der Waals surface area contributed by atoms with Crippen molar-refractivity contribution in [3.63, 3.8) is 0 Å². The van der Waals surface area contributed by atoms with Crippen molar-refractivity contribution < 1.29 is 4.79 Å². The molecule has 100 valence electrons. The molecule has 0 saturated heterocycles. The lowest BCUT2D eigenvalue weighted by atomic mass is 9.91. The Hall–Kier alpha value is -0.640. The fourth-order valence-electron chi connectivity index (χ4n) is 1.57. The minimum atomic E-state index is -0.756. The van der Waals surface area contributed by atoms with Crippen LogP contribution in [0.25, 0.3) is 0 Å². The highest BCUT2D eigenvalue weighted by molar-refractivity contribution is 7.80. The minimum Gasteiger partial charge on any atom is -0.392 e. The van der Waals surface area contributed by atoms with Crippen LogP contribution in [0.3, 0.4) is 0 Å². The monoisotopic (exact) mass is 258 g/mol. The summed E-state index contributed by atoms with van der Waals surface area (Å²) in [5.41, 5.74) is 4.84. The zero-order valence-electron chi connectivity index (χ0n) is 11.5. The highest BCUT2D eigenvalue weighted by Crippen LogP contribution is 2.17. The summed E-state index contributed by atoms with van der Waals surface area (Å²) in [5, 5.41) is 3.07. The molecule has 0 aromatic heterocycles. The van der Waals surface area contributed by atoms with Crippen LogP contribution in [-0.2, 0) is 4.79 Å². The van der Waals surface area contributed by atoms with E-state index in [2.05, 4.69) is 19.2 Å². The Balaban J connectivity index is 4.43. The molecular weight excluding hydrogens is 232 g/mol. The van der Waals surface area contributed by atoms with Crippen LogP contribution in [0.1, 0.15) is 59.8 Å². The third-order valence-electron chi connectivity index (χ3n) is 3.06. The van der Waals surface area contributed by atoms with E-state index in [1.165, 1.54) is 0 Å². The van der Waals surface area contributed by atoms with Crippen LogP contribution in [0.15, 0.2) is 0 Å². The lowest BCUT2D eigenvalue weighted by molar-refractivity contribution is -0.127. The van der Waals surface area contributed by atoms with Gasteiger partial charge in [-0.3, -0.25) is 4.79 Å². The summed E-state index contributed by atoms with van der Waals surface area (Å²) in [6, 6.07) is 0.251. The number of nitrogens with one attached hydrogen (secondary N) is 1. The average Bonchev–Trinajstić information content (AvgIpc) is 2.25. The third kappa shape index (κ3) is 5.48. The molecular formula is C13H26N2OS. The summed E-state index contributed by atoms with van der Waals surface area (Å²) >= 11 is 4.93. The Labute approximate surface area is 111 Å². The van der Waals surface area contributed by atoms with Crippen LogP contribution in [0.2, 0.25) is 0 Å². The van der Waals surface area contributed by atoms with E-state index in [0.717, 1.165) is 32.1 Å². The summed E-state index contributed by atoms with van der Waals surface area (Å²) in [6.07, 6.45) is 5.40. The van der Waals surface area contributed by atoms with Crippen molar-refractivity contribution in [2.45, 2.75) is 65.8 Å². The number of thiocarbonyl (C=S) groups is 1. The molecule has 3 N–H and O–H groups in total. The minimum absolute atomic E-state index is 0.0560. The number of rotatable bonds is 8. The molecule has 3 nitrogen and oxygen atoms in total. The summed E-state index contributed by atoms with van der Waals surface area (Å²) in [7, 11) is 0. The molecule has 4 heteroatoms. The normalized spacial score (nSPS) is 13.2. The number of carbonyl (C=O) groups excluding carboxylic acids is 1. The molecule has 0 fully saturated rings. The van der Waals surface area contributed by atoms with Crippen molar-refractivity contribution >= 4 is 23.1 Å². The molecule has 0 bridgehead atoms. The molecule has 0 aromatic rings. The molecule has 0 heterocycles. The van der Waals surface area contributed by atoms with Gasteiger partial charge in [-0.05, 0) is 26.7 Å². The molecule has 0 saturated carbocycles. The van der Waals surface area contributed by atoms with E-state index in [1.807, 2.05) is 0 Å². The van der Waals surface area contributed by atoms with Gasteiger partial charge in [-0.1, -0.05) is 45.3 Å². The van der Waals surface area contributed by atoms with E-state index in [1.54, 1.807) is 13.8 Å². The first-order chi connectivity index (χ1) is 7.86.